The Bertz CT molecular complexity index is 1150. The number of nitrogens with zero attached hydrogens (tertiary/aromatic N) is 1. The number of halogens is 2. The van der Waals surface area contributed by atoms with Crippen molar-refractivity contribution < 1.29 is 30.4 Å². The van der Waals surface area contributed by atoms with E-state index in [1.165, 1.54) is 12.1 Å². The molecule has 0 unspecified atom stereocenters. The summed E-state index contributed by atoms with van der Waals surface area (Å²) in [5.41, 5.74) is 0. The zero-order valence-electron chi connectivity index (χ0n) is 17.0. The topological polar surface area (TPSA) is 113 Å². The molecule has 0 radical (unpaired) electrons. The van der Waals surface area contributed by atoms with E-state index >= 15 is 0 Å². The molecule has 0 bridgehead atoms. The summed E-state index contributed by atoms with van der Waals surface area (Å²) in [6.07, 6.45) is 0.730. The van der Waals surface area contributed by atoms with Gasteiger partial charge in [-0.15, -0.1) is 0 Å². The molecule has 12 heteroatoms. The average Bonchev–Trinajstić information content (AvgIpc) is 2.74. The van der Waals surface area contributed by atoms with Gasteiger partial charge < -0.3 is 4.90 Å². The molecule has 32 heavy (non-hydrogen) atoms. The van der Waals surface area contributed by atoms with Gasteiger partial charge >= 0.3 is 0 Å². The molecule has 1 saturated heterocycles. The number of carbonyl (C=O) groups is 1. The Morgan fingerprint density at radius 1 is 0.844 bits per heavy atom. The number of hydrogen-bond donors (Lipinski definition) is 2. The van der Waals surface area contributed by atoms with E-state index in [2.05, 4.69) is 9.44 Å². The molecule has 0 atom stereocenters. The SMILES string of the molecule is O=C(CCNS(=O)(=O)c1ccc(F)cc1)N1CCC(NS(=O)(=O)c2ccc(F)cc2)CC1. The predicted molar refractivity (Wildman–Crippen MR) is 113 cm³/mol. The molecule has 8 nitrogen and oxygen atoms in total. The van der Waals surface area contributed by atoms with Crippen molar-refractivity contribution >= 4 is 26.0 Å². The number of likely N-dealkylation sites (tertiary alicyclic amines) is 1. The highest BCUT2D eigenvalue weighted by atomic mass is 32.2. The van der Waals surface area contributed by atoms with Crippen molar-refractivity contribution in [2.45, 2.75) is 35.1 Å². The molecule has 2 aromatic carbocycles. The van der Waals surface area contributed by atoms with Gasteiger partial charge in [0.25, 0.3) is 0 Å². The number of rotatable bonds is 8. The molecule has 2 aromatic rings. The Labute approximate surface area is 185 Å². The molecule has 0 aliphatic carbocycles. The van der Waals surface area contributed by atoms with Gasteiger partial charge in [-0.05, 0) is 61.4 Å². The van der Waals surface area contributed by atoms with Gasteiger partial charge in [0.05, 0.1) is 9.79 Å². The fourth-order valence-electron chi connectivity index (χ4n) is 3.30. The second kappa shape index (κ2) is 10.0. The molecular formula is C20H23F2N3O5S2. The van der Waals surface area contributed by atoms with Crippen molar-refractivity contribution in [3.63, 3.8) is 0 Å². The molecule has 1 heterocycles. The predicted octanol–water partition coefficient (Wildman–Crippen LogP) is 1.60. The van der Waals surface area contributed by atoms with Crippen LogP contribution >= 0.6 is 0 Å². The molecule has 3 rings (SSSR count). The molecule has 174 valence electrons. The highest BCUT2D eigenvalue weighted by Gasteiger charge is 2.27. The second-order valence-corrected chi connectivity index (χ2v) is 10.8. The van der Waals surface area contributed by atoms with Gasteiger partial charge in [-0.3, -0.25) is 4.79 Å². The van der Waals surface area contributed by atoms with Crippen LogP contribution in [0.4, 0.5) is 8.78 Å². The minimum Gasteiger partial charge on any atom is -0.343 e. The Morgan fingerprint density at radius 2 is 1.31 bits per heavy atom. The zero-order valence-corrected chi connectivity index (χ0v) is 18.6. The molecule has 1 aliphatic rings. The summed E-state index contributed by atoms with van der Waals surface area (Å²) in [5.74, 6) is -1.34. The van der Waals surface area contributed by atoms with Gasteiger partial charge in [-0.25, -0.2) is 35.1 Å². The monoisotopic (exact) mass is 487 g/mol. The Balaban J connectivity index is 1.45. The second-order valence-electron chi connectivity index (χ2n) is 7.33. The van der Waals surface area contributed by atoms with E-state index in [1.54, 1.807) is 4.90 Å². The van der Waals surface area contributed by atoms with Crippen LogP contribution in [0.25, 0.3) is 0 Å². The van der Waals surface area contributed by atoms with E-state index in [9.17, 15) is 30.4 Å². The average molecular weight is 488 g/mol. The number of hydrogen-bond acceptors (Lipinski definition) is 5. The minimum atomic E-state index is -3.85. The molecule has 1 amide bonds. The van der Waals surface area contributed by atoms with Crippen LogP contribution in [0.1, 0.15) is 19.3 Å². The Hall–Kier alpha value is -2.41. The summed E-state index contributed by atoms with van der Waals surface area (Å²) in [7, 11) is -7.64. The maximum absolute atomic E-state index is 13.0. The number of nitrogens with one attached hydrogen (secondary N) is 2. The maximum atomic E-state index is 13.0. The van der Waals surface area contributed by atoms with Crippen LogP contribution in [0.3, 0.4) is 0 Å². The van der Waals surface area contributed by atoms with Crippen LogP contribution in [-0.2, 0) is 24.8 Å². The first-order valence-electron chi connectivity index (χ1n) is 9.88. The van der Waals surface area contributed by atoms with Crippen molar-refractivity contribution in [2.75, 3.05) is 19.6 Å². The fraction of sp³-hybridized carbons (Fsp3) is 0.350. The Morgan fingerprint density at radius 3 is 1.81 bits per heavy atom. The van der Waals surface area contributed by atoms with Crippen molar-refractivity contribution in [3.05, 3.63) is 60.2 Å². The minimum absolute atomic E-state index is 0.0363. The fourth-order valence-corrected chi connectivity index (χ4v) is 5.63. The van der Waals surface area contributed by atoms with Crippen molar-refractivity contribution in [2.24, 2.45) is 0 Å². The first kappa shape index (κ1) is 24.2. The molecule has 1 fully saturated rings. The lowest BCUT2D eigenvalue weighted by molar-refractivity contribution is -0.132. The van der Waals surface area contributed by atoms with E-state index in [-0.39, 0.29) is 34.7 Å². The maximum Gasteiger partial charge on any atom is 0.240 e. The number of carbonyl (C=O) groups excluding carboxylic acids is 1. The third-order valence-electron chi connectivity index (χ3n) is 5.05. The molecule has 0 aromatic heterocycles. The van der Waals surface area contributed by atoms with Crippen LogP contribution in [0.5, 0.6) is 0 Å². The number of piperidine rings is 1. The van der Waals surface area contributed by atoms with E-state index in [0.29, 0.717) is 25.9 Å². The van der Waals surface area contributed by atoms with Gasteiger partial charge in [-0.2, -0.15) is 0 Å². The van der Waals surface area contributed by atoms with Crippen LogP contribution in [0, 0.1) is 11.6 Å². The lowest BCUT2D eigenvalue weighted by atomic mass is 10.1. The number of amides is 1. The van der Waals surface area contributed by atoms with E-state index in [1.807, 2.05) is 0 Å². The summed E-state index contributed by atoms with van der Waals surface area (Å²) < 4.78 is 80.0. The summed E-state index contributed by atoms with van der Waals surface area (Å²) in [6.45, 7) is 0.524. The van der Waals surface area contributed by atoms with Crippen molar-refractivity contribution in [1.29, 1.82) is 0 Å². The summed E-state index contributed by atoms with van der Waals surface area (Å²) in [6, 6.07) is 8.48. The van der Waals surface area contributed by atoms with Crippen molar-refractivity contribution in [1.82, 2.24) is 14.3 Å². The highest BCUT2D eigenvalue weighted by molar-refractivity contribution is 7.89. The lowest BCUT2D eigenvalue weighted by Gasteiger charge is -2.32. The highest BCUT2D eigenvalue weighted by Crippen LogP contribution is 2.16. The standard InChI is InChI=1S/C20H23F2N3O5S2/c21-15-1-5-18(6-2-15)31(27,28)23-12-9-20(26)25-13-10-17(11-14-25)24-32(29,30)19-7-3-16(22)4-8-19/h1-8,17,23-24H,9-14H2. The van der Waals surface area contributed by atoms with E-state index in [4.69, 9.17) is 0 Å². The van der Waals surface area contributed by atoms with Crippen LogP contribution in [0.2, 0.25) is 0 Å². The molecular weight excluding hydrogens is 464 g/mol. The molecule has 0 spiro atoms. The first-order valence-corrected chi connectivity index (χ1v) is 12.8. The summed E-state index contributed by atoms with van der Waals surface area (Å²) >= 11 is 0. The Kier molecular flexibility index (Phi) is 7.59. The first-order chi connectivity index (χ1) is 15.1. The molecule has 0 saturated carbocycles. The van der Waals surface area contributed by atoms with Gasteiger partial charge in [0.15, 0.2) is 0 Å². The molecule has 2 N–H and O–H groups in total. The smallest absolute Gasteiger partial charge is 0.240 e. The lowest BCUT2D eigenvalue weighted by Crippen LogP contribution is -2.47. The molecule has 1 aliphatic heterocycles. The zero-order chi connectivity index (χ0) is 23.4. The van der Waals surface area contributed by atoms with Gasteiger partial charge in [0.2, 0.25) is 26.0 Å². The van der Waals surface area contributed by atoms with Gasteiger partial charge in [0.1, 0.15) is 11.6 Å². The van der Waals surface area contributed by atoms with Gasteiger partial charge in [-0.1, -0.05) is 0 Å². The number of benzene rings is 2. The van der Waals surface area contributed by atoms with E-state index < -0.39 is 31.7 Å². The third kappa shape index (κ3) is 6.31. The number of sulfonamides is 2. The van der Waals surface area contributed by atoms with Crippen LogP contribution in [-0.4, -0.2) is 53.3 Å². The van der Waals surface area contributed by atoms with Crippen molar-refractivity contribution in [3.8, 4) is 0 Å². The normalized spacial score (nSPS) is 15.6. The largest absolute Gasteiger partial charge is 0.343 e. The van der Waals surface area contributed by atoms with Gasteiger partial charge in [0, 0.05) is 32.1 Å². The van der Waals surface area contributed by atoms with Crippen LogP contribution < -0.4 is 9.44 Å². The third-order valence-corrected chi connectivity index (χ3v) is 8.06. The summed E-state index contributed by atoms with van der Waals surface area (Å²) in [5, 5.41) is 0. The van der Waals surface area contributed by atoms with E-state index in [0.717, 1.165) is 36.4 Å². The summed E-state index contributed by atoms with van der Waals surface area (Å²) in [4.78, 5) is 13.8. The quantitative estimate of drug-likeness (QED) is 0.588. The van der Waals surface area contributed by atoms with Crippen LogP contribution in [0.15, 0.2) is 58.3 Å².